The fourth-order valence-electron chi connectivity index (χ4n) is 2.73. The minimum Gasteiger partial charge on any atom is -0.396 e. The smallest absolute Gasteiger partial charge is 0.0434 e. The highest BCUT2D eigenvalue weighted by molar-refractivity contribution is 6.30. The molecule has 3 nitrogen and oxygen atoms in total. The van der Waals surface area contributed by atoms with Gasteiger partial charge in [-0.25, -0.2) is 0 Å². The van der Waals surface area contributed by atoms with E-state index in [1.807, 2.05) is 6.07 Å². The number of nitrogens with zero attached hydrogens (tertiary/aromatic N) is 1. The van der Waals surface area contributed by atoms with Crippen molar-refractivity contribution in [2.45, 2.75) is 26.3 Å². The lowest BCUT2D eigenvalue weighted by Crippen LogP contribution is -2.23. The number of aliphatic hydroxyl groups is 1. The van der Waals surface area contributed by atoms with E-state index in [9.17, 15) is 0 Å². The van der Waals surface area contributed by atoms with Crippen LogP contribution in [-0.4, -0.2) is 31.3 Å². The van der Waals surface area contributed by atoms with Crippen LogP contribution < -0.4 is 10.2 Å². The highest BCUT2D eigenvalue weighted by Gasteiger charge is 2.23. The van der Waals surface area contributed by atoms with Crippen LogP contribution in [0.2, 0.25) is 5.02 Å². The van der Waals surface area contributed by atoms with Crippen molar-refractivity contribution in [2.24, 2.45) is 5.92 Å². The second-order valence-electron chi connectivity index (χ2n) is 5.17. The Labute approximate surface area is 120 Å². The van der Waals surface area contributed by atoms with E-state index in [4.69, 9.17) is 16.7 Å². The first-order valence-corrected chi connectivity index (χ1v) is 7.47. The van der Waals surface area contributed by atoms with E-state index >= 15 is 0 Å². The van der Waals surface area contributed by atoms with Gasteiger partial charge in [-0.1, -0.05) is 18.5 Å². The summed E-state index contributed by atoms with van der Waals surface area (Å²) in [5.41, 5.74) is 2.55. The van der Waals surface area contributed by atoms with Gasteiger partial charge < -0.3 is 15.3 Å². The number of hydrogen-bond donors (Lipinski definition) is 2. The summed E-state index contributed by atoms with van der Waals surface area (Å²) in [6.45, 7) is 6.33. The van der Waals surface area contributed by atoms with E-state index in [1.54, 1.807) is 0 Å². The Morgan fingerprint density at radius 2 is 2.32 bits per heavy atom. The molecule has 1 aromatic rings. The van der Waals surface area contributed by atoms with Crippen molar-refractivity contribution >= 4 is 17.3 Å². The molecule has 1 fully saturated rings. The van der Waals surface area contributed by atoms with Crippen LogP contribution in [0.25, 0.3) is 0 Å². The molecule has 1 heterocycles. The molecule has 0 bridgehead atoms. The van der Waals surface area contributed by atoms with Crippen LogP contribution in [0.15, 0.2) is 18.2 Å². The second kappa shape index (κ2) is 7.13. The first-order chi connectivity index (χ1) is 9.24. The summed E-state index contributed by atoms with van der Waals surface area (Å²) in [7, 11) is 0. The van der Waals surface area contributed by atoms with Gasteiger partial charge in [-0.2, -0.15) is 0 Å². The minimum atomic E-state index is 0.295. The third kappa shape index (κ3) is 3.85. The van der Waals surface area contributed by atoms with E-state index in [1.165, 1.54) is 17.7 Å². The maximum Gasteiger partial charge on any atom is 0.0434 e. The molecule has 2 rings (SSSR count). The normalized spacial score (nSPS) is 19.1. The number of nitrogens with one attached hydrogen (secondary N) is 1. The van der Waals surface area contributed by atoms with Crippen LogP contribution in [-0.2, 0) is 6.54 Å². The summed E-state index contributed by atoms with van der Waals surface area (Å²) in [5, 5.41) is 13.2. The van der Waals surface area contributed by atoms with Crippen molar-refractivity contribution in [1.82, 2.24) is 5.32 Å². The van der Waals surface area contributed by atoms with Crippen molar-refractivity contribution in [3.63, 3.8) is 0 Å². The Hall–Kier alpha value is -0.770. The lowest BCUT2D eigenvalue weighted by atomic mass is 10.1. The summed E-state index contributed by atoms with van der Waals surface area (Å²) in [4.78, 5) is 2.42. The molecule has 19 heavy (non-hydrogen) atoms. The van der Waals surface area contributed by atoms with Crippen LogP contribution in [0.4, 0.5) is 5.69 Å². The van der Waals surface area contributed by atoms with Crippen LogP contribution >= 0.6 is 11.6 Å². The molecule has 0 aliphatic carbocycles. The predicted octanol–water partition coefficient (Wildman–Crippen LogP) is 2.66. The van der Waals surface area contributed by atoms with Gasteiger partial charge in [0.05, 0.1) is 0 Å². The molecule has 4 heteroatoms. The van der Waals surface area contributed by atoms with Gasteiger partial charge in [0.1, 0.15) is 0 Å². The number of benzene rings is 1. The highest BCUT2D eigenvalue weighted by atomic mass is 35.5. The number of aliphatic hydroxyl groups excluding tert-OH is 1. The number of rotatable bonds is 6. The molecule has 1 aliphatic rings. The lowest BCUT2D eigenvalue weighted by Gasteiger charge is -2.22. The van der Waals surface area contributed by atoms with Gasteiger partial charge in [0.15, 0.2) is 0 Å². The number of anilines is 1. The molecular formula is C15H23ClN2O. The summed E-state index contributed by atoms with van der Waals surface area (Å²) in [6, 6.07) is 6.14. The van der Waals surface area contributed by atoms with Gasteiger partial charge in [-0.15, -0.1) is 0 Å². The van der Waals surface area contributed by atoms with Gasteiger partial charge in [-0.3, -0.25) is 0 Å². The van der Waals surface area contributed by atoms with Gasteiger partial charge in [-0.05, 0) is 49.1 Å². The first kappa shape index (κ1) is 14.6. The molecule has 1 atom stereocenters. The molecule has 1 aromatic carbocycles. The molecule has 0 amide bonds. The van der Waals surface area contributed by atoms with E-state index < -0.39 is 0 Å². The van der Waals surface area contributed by atoms with Crippen molar-refractivity contribution in [3.8, 4) is 0 Å². The Morgan fingerprint density at radius 1 is 1.47 bits per heavy atom. The van der Waals surface area contributed by atoms with Crippen LogP contribution in [0, 0.1) is 5.92 Å². The van der Waals surface area contributed by atoms with Crippen molar-refractivity contribution in [3.05, 3.63) is 28.8 Å². The topological polar surface area (TPSA) is 35.5 Å². The molecule has 0 aromatic heterocycles. The second-order valence-corrected chi connectivity index (χ2v) is 5.60. The average molecular weight is 283 g/mol. The Morgan fingerprint density at radius 3 is 3.05 bits per heavy atom. The molecule has 0 radical (unpaired) electrons. The Kier molecular flexibility index (Phi) is 5.49. The molecule has 106 valence electrons. The van der Waals surface area contributed by atoms with Gasteiger partial charge in [0, 0.05) is 37.0 Å². The number of hydrogen-bond acceptors (Lipinski definition) is 3. The zero-order chi connectivity index (χ0) is 13.7. The summed E-state index contributed by atoms with van der Waals surface area (Å²) < 4.78 is 0. The zero-order valence-electron chi connectivity index (χ0n) is 11.5. The predicted molar refractivity (Wildman–Crippen MR) is 80.9 cm³/mol. The quantitative estimate of drug-likeness (QED) is 0.842. The fraction of sp³-hybridized carbons (Fsp3) is 0.600. The number of halogens is 1. The third-order valence-electron chi connectivity index (χ3n) is 3.77. The first-order valence-electron chi connectivity index (χ1n) is 7.09. The van der Waals surface area contributed by atoms with E-state index in [0.29, 0.717) is 12.5 Å². The van der Waals surface area contributed by atoms with Crippen LogP contribution in [0.5, 0.6) is 0 Å². The molecule has 2 N–H and O–H groups in total. The zero-order valence-corrected chi connectivity index (χ0v) is 12.3. The molecule has 0 saturated carbocycles. The average Bonchev–Trinajstić information content (AvgIpc) is 2.85. The van der Waals surface area contributed by atoms with E-state index in [2.05, 4.69) is 29.3 Å². The van der Waals surface area contributed by atoms with Gasteiger partial charge in [0.25, 0.3) is 0 Å². The summed E-state index contributed by atoms with van der Waals surface area (Å²) in [6.07, 6.45) is 2.08. The maximum atomic E-state index is 9.04. The van der Waals surface area contributed by atoms with Crippen molar-refractivity contribution in [2.75, 3.05) is 31.1 Å². The SMILES string of the molecule is CCNCc1cc(Cl)ccc1N1CCC(CCO)C1. The summed E-state index contributed by atoms with van der Waals surface area (Å²) in [5.74, 6) is 0.618. The molecule has 1 saturated heterocycles. The standard InChI is InChI=1S/C15H23ClN2O/c1-2-17-10-13-9-14(16)3-4-15(13)18-7-5-12(11-18)6-8-19/h3-4,9,12,17,19H,2,5-8,10-11H2,1H3. The Balaban J connectivity index is 2.10. The lowest BCUT2D eigenvalue weighted by molar-refractivity contribution is 0.263. The molecular weight excluding hydrogens is 260 g/mol. The molecule has 0 spiro atoms. The molecule has 1 unspecified atom stereocenters. The van der Waals surface area contributed by atoms with Crippen molar-refractivity contribution in [1.29, 1.82) is 0 Å². The van der Waals surface area contributed by atoms with Crippen LogP contribution in [0.1, 0.15) is 25.3 Å². The van der Waals surface area contributed by atoms with Crippen molar-refractivity contribution < 1.29 is 5.11 Å². The van der Waals surface area contributed by atoms with Crippen LogP contribution in [0.3, 0.4) is 0 Å². The van der Waals surface area contributed by atoms with E-state index in [0.717, 1.165) is 37.6 Å². The Bertz CT molecular complexity index is 411. The fourth-order valence-corrected chi connectivity index (χ4v) is 2.93. The molecule has 1 aliphatic heterocycles. The summed E-state index contributed by atoms with van der Waals surface area (Å²) >= 11 is 6.10. The minimum absolute atomic E-state index is 0.295. The monoisotopic (exact) mass is 282 g/mol. The van der Waals surface area contributed by atoms with E-state index in [-0.39, 0.29) is 0 Å². The third-order valence-corrected chi connectivity index (χ3v) is 4.01. The maximum absolute atomic E-state index is 9.04. The van der Waals surface area contributed by atoms with Gasteiger partial charge in [0.2, 0.25) is 0 Å². The van der Waals surface area contributed by atoms with Gasteiger partial charge >= 0.3 is 0 Å². The highest BCUT2D eigenvalue weighted by Crippen LogP contribution is 2.30. The largest absolute Gasteiger partial charge is 0.396 e.